The van der Waals surface area contributed by atoms with E-state index in [0.717, 1.165) is 57.2 Å². The second-order valence-corrected chi connectivity index (χ2v) is 11.3. The standard InChI is InChI=1S/C32H27ClN4/c1-20-27-29-28-25(34-31(27)37(35-20)24-12-8-5-9-13-24)18-32(2,3)19-26(28)36(23-10-6-4-7-11-23)30(29)21-14-16-22(33)17-15-21/h4-17H,18-19H2,1-3H3. The van der Waals surface area contributed by atoms with Crippen molar-refractivity contribution in [2.75, 3.05) is 0 Å². The van der Waals surface area contributed by atoms with Gasteiger partial charge in [0.05, 0.1) is 28.2 Å². The highest BCUT2D eigenvalue weighted by Gasteiger charge is 2.35. The minimum atomic E-state index is 0.0788. The Bertz CT molecular complexity index is 1790. The number of hydrogen-bond acceptors (Lipinski definition) is 2. The van der Waals surface area contributed by atoms with E-state index in [1.54, 1.807) is 0 Å². The van der Waals surface area contributed by atoms with Crippen LogP contribution in [0, 0.1) is 12.3 Å². The molecule has 0 amide bonds. The average molecular weight is 503 g/mol. The summed E-state index contributed by atoms with van der Waals surface area (Å²) in [7, 11) is 0. The molecule has 182 valence electrons. The largest absolute Gasteiger partial charge is 0.312 e. The number of aryl methyl sites for hydroxylation is 1. The van der Waals surface area contributed by atoms with Gasteiger partial charge >= 0.3 is 0 Å². The SMILES string of the molecule is Cc1nn(-c2ccccc2)c2nc3c4c(n(-c5ccccc5)c(-c5ccc(Cl)cc5)c4c12)CC(C)(C)C3. The Balaban J connectivity index is 1.71. The monoisotopic (exact) mass is 502 g/mol. The highest BCUT2D eigenvalue weighted by atomic mass is 35.5. The fourth-order valence-corrected chi connectivity index (χ4v) is 6.15. The Morgan fingerprint density at radius 2 is 1.41 bits per heavy atom. The molecule has 3 aromatic heterocycles. The van der Waals surface area contributed by atoms with Crippen LogP contribution in [-0.2, 0) is 12.8 Å². The molecular formula is C32H27ClN4. The first-order valence-corrected chi connectivity index (χ1v) is 13.1. The summed E-state index contributed by atoms with van der Waals surface area (Å²) in [5.74, 6) is 0. The van der Waals surface area contributed by atoms with E-state index in [1.807, 2.05) is 35.0 Å². The first-order valence-electron chi connectivity index (χ1n) is 12.7. The van der Waals surface area contributed by atoms with Crippen LogP contribution in [-0.4, -0.2) is 19.3 Å². The van der Waals surface area contributed by atoms with Gasteiger partial charge in [-0.05, 0) is 67.1 Å². The molecule has 5 heteroatoms. The molecule has 37 heavy (non-hydrogen) atoms. The molecule has 4 nitrogen and oxygen atoms in total. The maximum atomic E-state index is 6.34. The van der Waals surface area contributed by atoms with Crippen LogP contribution in [0.1, 0.15) is 30.9 Å². The maximum absolute atomic E-state index is 6.34. The molecule has 3 aromatic carbocycles. The second kappa shape index (κ2) is 8.06. The lowest BCUT2D eigenvalue weighted by atomic mass is 9.77. The fraction of sp³-hybridized carbons (Fsp3) is 0.188. The van der Waals surface area contributed by atoms with Crippen molar-refractivity contribution in [3.8, 4) is 22.6 Å². The van der Waals surface area contributed by atoms with Gasteiger partial charge in [0.15, 0.2) is 5.65 Å². The van der Waals surface area contributed by atoms with Crippen molar-refractivity contribution in [3.05, 3.63) is 107 Å². The van der Waals surface area contributed by atoms with E-state index < -0.39 is 0 Å². The first-order chi connectivity index (χ1) is 17.9. The van der Waals surface area contributed by atoms with Crippen molar-refractivity contribution in [3.63, 3.8) is 0 Å². The molecule has 7 rings (SSSR count). The zero-order valence-electron chi connectivity index (χ0n) is 21.2. The summed E-state index contributed by atoms with van der Waals surface area (Å²) in [6.07, 6.45) is 1.89. The van der Waals surface area contributed by atoms with Gasteiger partial charge < -0.3 is 4.57 Å². The van der Waals surface area contributed by atoms with Crippen LogP contribution in [0.2, 0.25) is 5.02 Å². The van der Waals surface area contributed by atoms with Gasteiger partial charge in [0.1, 0.15) is 0 Å². The van der Waals surface area contributed by atoms with Gasteiger partial charge in [-0.1, -0.05) is 74.0 Å². The molecule has 0 saturated carbocycles. The van der Waals surface area contributed by atoms with Gasteiger partial charge in [0, 0.05) is 27.2 Å². The zero-order chi connectivity index (χ0) is 25.3. The number of para-hydroxylation sites is 2. The number of hydrogen-bond donors (Lipinski definition) is 0. The van der Waals surface area contributed by atoms with E-state index in [1.165, 1.54) is 22.2 Å². The van der Waals surface area contributed by atoms with Crippen molar-refractivity contribution >= 4 is 33.4 Å². The maximum Gasteiger partial charge on any atom is 0.164 e. The second-order valence-electron chi connectivity index (χ2n) is 10.8. The van der Waals surface area contributed by atoms with Crippen LogP contribution in [0.15, 0.2) is 84.9 Å². The third-order valence-electron chi connectivity index (χ3n) is 7.51. The predicted octanol–water partition coefficient (Wildman–Crippen LogP) is 8.12. The number of pyridine rings is 1. The molecule has 0 bridgehead atoms. The number of fused-ring (bicyclic) bond motifs is 2. The number of aromatic nitrogens is 4. The Labute approximate surface area is 221 Å². The topological polar surface area (TPSA) is 35.6 Å². The number of halogens is 1. The molecule has 1 aliphatic rings. The summed E-state index contributed by atoms with van der Waals surface area (Å²) in [5, 5.41) is 9.38. The van der Waals surface area contributed by atoms with Crippen molar-refractivity contribution < 1.29 is 0 Å². The summed E-state index contributed by atoms with van der Waals surface area (Å²) in [6.45, 7) is 6.79. The summed E-state index contributed by atoms with van der Waals surface area (Å²) in [6, 6.07) is 29.2. The molecule has 6 aromatic rings. The lowest BCUT2D eigenvalue weighted by Gasteiger charge is -2.30. The van der Waals surface area contributed by atoms with Crippen LogP contribution in [0.5, 0.6) is 0 Å². The van der Waals surface area contributed by atoms with Crippen molar-refractivity contribution in [1.82, 2.24) is 19.3 Å². The highest BCUT2D eigenvalue weighted by molar-refractivity contribution is 6.30. The van der Waals surface area contributed by atoms with Gasteiger partial charge in [-0.2, -0.15) is 5.10 Å². The van der Waals surface area contributed by atoms with Crippen molar-refractivity contribution in [2.45, 2.75) is 33.6 Å². The minimum Gasteiger partial charge on any atom is -0.312 e. The predicted molar refractivity (Wildman–Crippen MR) is 152 cm³/mol. The molecule has 1 aliphatic carbocycles. The molecule has 0 unspecified atom stereocenters. The van der Waals surface area contributed by atoms with Gasteiger partial charge in [-0.25, -0.2) is 9.67 Å². The van der Waals surface area contributed by atoms with Gasteiger partial charge in [0.25, 0.3) is 0 Å². The van der Waals surface area contributed by atoms with E-state index >= 15 is 0 Å². The Morgan fingerprint density at radius 3 is 2.08 bits per heavy atom. The smallest absolute Gasteiger partial charge is 0.164 e. The van der Waals surface area contributed by atoms with Gasteiger partial charge in [-0.3, -0.25) is 0 Å². The number of nitrogens with zero attached hydrogens (tertiary/aromatic N) is 4. The summed E-state index contributed by atoms with van der Waals surface area (Å²) < 4.78 is 4.46. The average Bonchev–Trinajstić information content (AvgIpc) is 3.40. The number of benzene rings is 3. The Kier molecular flexibility index (Phi) is 4.86. The molecule has 0 spiro atoms. The van der Waals surface area contributed by atoms with E-state index in [-0.39, 0.29) is 5.41 Å². The molecule has 0 fully saturated rings. The van der Waals surface area contributed by atoms with E-state index in [2.05, 4.69) is 79.9 Å². The van der Waals surface area contributed by atoms with Crippen molar-refractivity contribution in [1.29, 1.82) is 0 Å². The first kappa shape index (κ1) is 22.3. The molecule has 0 aliphatic heterocycles. The lowest BCUT2D eigenvalue weighted by Crippen LogP contribution is -2.25. The van der Waals surface area contributed by atoms with Crippen LogP contribution in [0.3, 0.4) is 0 Å². The lowest BCUT2D eigenvalue weighted by molar-refractivity contribution is 0.346. The van der Waals surface area contributed by atoms with E-state index in [9.17, 15) is 0 Å². The minimum absolute atomic E-state index is 0.0788. The van der Waals surface area contributed by atoms with Crippen LogP contribution in [0.25, 0.3) is 44.4 Å². The quantitative estimate of drug-likeness (QED) is 0.245. The molecular weight excluding hydrogens is 476 g/mol. The molecule has 0 atom stereocenters. The summed E-state index contributed by atoms with van der Waals surface area (Å²) in [4.78, 5) is 5.35. The van der Waals surface area contributed by atoms with E-state index in [0.29, 0.717) is 0 Å². The van der Waals surface area contributed by atoms with Crippen LogP contribution >= 0.6 is 11.6 Å². The van der Waals surface area contributed by atoms with Gasteiger partial charge in [0.2, 0.25) is 0 Å². The summed E-state index contributed by atoms with van der Waals surface area (Å²) >= 11 is 6.34. The number of rotatable bonds is 3. The zero-order valence-corrected chi connectivity index (χ0v) is 21.9. The van der Waals surface area contributed by atoms with Crippen molar-refractivity contribution in [2.24, 2.45) is 5.41 Å². The molecule has 0 saturated heterocycles. The fourth-order valence-electron chi connectivity index (χ4n) is 6.03. The molecule has 3 heterocycles. The van der Waals surface area contributed by atoms with Crippen LogP contribution in [0.4, 0.5) is 0 Å². The van der Waals surface area contributed by atoms with Crippen LogP contribution < -0.4 is 0 Å². The highest BCUT2D eigenvalue weighted by Crippen LogP contribution is 2.48. The Hall–Kier alpha value is -3.89. The van der Waals surface area contributed by atoms with Gasteiger partial charge in [-0.15, -0.1) is 0 Å². The van der Waals surface area contributed by atoms with E-state index in [4.69, 9.17) is 21.7 Å². The third-order valence-corrected chi connectivity index (χ3v) is 7.76. The molecule has 0 N–H and O–H groups in total. The Morgan fingerprint density at radius 1 is 0.757 bits per heavy atom. The summed E-state index contributed by atoms with van der Waals surface area (Å²) in [5.41, 5.74) is 8.92. The normalized spacial score (nSPS) is 14.5. The molecule has 0 radical (unpaired) electrons. The third kappa shape index (κ3) is 3.43.